The number of carbonyl (C=O) groups is 1. The van der Waals surface area contributed by atoms with E-state index in [0.717, 1.165) is 38.8 Å². The number of anilines is 1. The molecule has 1 amide bonds. The Labute approximate surface area is 155 Å². The summed E-state index contributed by atoms with van der Waals surface area (Å²) in [5.74, 6) is 0.989. The van der Waals surface area contributed by atoms with Crippen molar-refractivity contribution in [1.29, 1.82) is 0 Å². The maximum atomic E-state index is 11.9. The Bertz CT molecular complexity index is 1160. The van der Waals surface area contributed by atoms with Crippen LogP contribution in [0.2, 0.25) is 0 Å². The zero-order valence-corrected chi connectivity index (χ0v) is 14.9. The molecule has 1 atom stereocenters. The fourth-order valence-corrected chi connectivity index (χ4v) is 3.72. The van der Waals surface area contributed by atoms with Crippen molar-refractivity contribution in [2.24, 2.45) is 11.7 Å². The maximum absolute atomic E-state index is 11.9. The minimum Gasteiger partial charge on any atom is -0.367 e. The van der Waals surface area contributed by atoms with Crippen molar-refractivity contribution < 1.29 is 4.79 Å². The number of amides is 1. The molecule has 0 aliphatic heterocycles. The number of nitrogens with one attached hydrogen (secondary N) is 3. The maximum Gasteiger partial charge on any atom is 0.252 e. The van der Waals surface area contributed by atoms with Crippen molar-refractivity contribution in [3.8, 4) is 11.1 Å². The van der Waals surface area contributed by atoms with Gasteiger partial charge in [0, 0.05) is 34.9 Å². The highest BCUT2D eigenvalue weighted by Crippen LogP contribution is 2.37. The molecule has 3 aromatic heterocycles. The Kier molecular flexibility index (Phi) is 3.43. The summed E-state index contributed by atoms with van der Waals surface area (Å²) in [5.41, 5.74) is 9.68. The van der Waals surface area contributed by atoms with E-state index in [1.807, 2.05) is 12.3 Å². The molecule has 0 spiro atoms. The lowest BCUT2D eigenvalue weighted by Crippen LogP contribution is -2.19. The number of H-pyrrole nitrogens is 2. The van der Waals surface area contributed by atoms with E-state index in [-0.39, 0.29) is 0 Å². The molecule has 5 rings (SSSR count). The largest absolute Gasteiger partial charge is 0.367 e. The molecule has 4 aromatic rings. The third-order valence-electron chi connectivity index (χ3n) is 5.42. The Morgan fingerprint density at radius 3 is 2.85 bits per heavy atom. The van der Waals surface area contributed by atoms with Gasteiger partial charge in [-0.15, -0.1) is 0 Å². The third kappa shape index (κ3) is 2.63. The van der Waals surface area contributed by atoms with Gasteiger partial charge in [-0.1, -0.05) is 12.1 Å². The van der Waals surface area contributed by atoms with Gasteiger partial charge in [-0.05, 0) is 37.3 Å². The number of aromatic nitrogens is 4. The fourth-order valence-electron chi connectivity index (χ4n) is 3.72. The summed E-state index contributed by atoms with van der Waals surface area (Å²) in [6, 6.07) is 6.50. The lowest BCUT2D eigenvalue weighted by Gasteiger charge is -2.15. The van der Waals surface area contributed by atoms with Gasteiger partial charge in [-0.2, -0.15) is 5.10 Å². The van der Waals surface area contributed by atoms with Crippen LogP contribution in [0.15, 0.2) is 36.8 Å². The highest BCUT2D eigenvalue weighted by Gasteiger charge is 2.29. The van der Waals surface area contributed by atoms with Crippen LogP contribution in [-0.4, -0.2) is 32.1 Å². The minimum atomic E-state index is -0.490. The molecule has 0 bridgehead atoms. The van der Waals surface area contributed by atoms with Gasteiger partial charge in [0.25, 0.3) is 5.91 Å². The van der Waals surface area contributed by atoms with E-state index < -0.39 is 5.91 Å². The summed E-state index contributed by atoms with van der Waals surface area (Å²) >= 11 is 0. The molecule has 0 saturated heterocycles. The molecule has 1 aliphatic rings. The summed E-state index contributed by atoms with van der Waals surface area (Å²) in [6.07, 6.45) is 7.69. The van der Waals surface area contributed by atoms with Crippen LogP contribution in [0.1, 0.15) is 30.1 Å². The van der Waals surface area contributed by atoms with Crippen LogP contribution < -0.4 is 11.1 Å². The zero-order valence-electron chi connectivity index (χ0n) is 14.9. The molecule has 0 radical (unpaired) electrons. The fraction of sp³-hybridized carbons (Fsp3) is 0.250. The summed E-state index contributed by atoms with van der Waals surface area (Å²) in [6.45, 7) is 2.18. The molecule has 7 nitrogen and oxygen atoms in total. The Balaban J connectivity index is 1.72. The second-order valence-electron chi connectivity index (χ2n) is 7.28. The number of benzene rings is 1. The van der Waals surface area contributed by atoms with Crippen LogP contribution >= 0.6 is 0 Å². The number of rotatable bonds is 5. The number of hydrogen-bond donors (Lipinski definition) is 4. The number of nitrogens with zero attached hydrogens (tertiary/aromatic N) is 2. The molecule has 1 unspecified atom stereocenters. The number of aromatic amines is 2. The highest BCUT2D eigenvalue weighted by molar-refractivity contribution is 6.18. The second kappa shape index (κ2) is 5.84. The number of fused-ring (bicyclic) bond motifs is 3. The summed E-state index contributed by atoms with van der Waals surface area (Å²) < 4.78 is 0. The summed E-state index contributed by atoms with van der Waals surface area (Å²) in [5, 5.41) is 12.3. The van der Waals surface area contributed by atoms with Gasteiger partial charge in [-0.3, -0.25) is 9.89 Å². The van der Waals surface area contributed by atoms with Gasteiger partial charge in [0.2, 0.25) is 0 Å². The lowest BCUT2D eigenvalue weighted by molar-refractivity contribution is 0.100. The van der Waals surface area contributed by atoms with Crippen LogP contribution in [0.3, 0.4) is 0 Å². The molecule has 1 aromatic carbocycles. The molecule has 1 saturated carbocycles. The van der Waals surface area contributed by atoms with E-state index in [4.69, 9.17) is 5.73 Å². The average Bonchev–Trinajstić information content (AvgIpc) is 3.23. The standard InChI is InChI=1S/C20H20N6O/c1-10(11-2-3-11)25-20-17-14-5-4-12(13-7-23-24-8-13)6-16(14)26-18(17)15(9-22-20)19(21)27/h4-11,26H,2-3H2,1H3,(H2,21,27)(H,22,25)(H,23,24). The van der Waals surface area contributed by atoms with E-state index in [2.05, 4.69) is 44.5 Å². The topological polar surface area (TPSA) is 112 Å². The highest BCUT2D eigenvalue weighted by atomic mass is 16.1. The predicted octanol–water partition coefficient (Wildman–Crippen LogP) is 3.42. The van der Waals surface area contributed by atoms with Gasteiger partial charge >= 0.3 is 0 Å². The van der Waals surface area contributed by atoms with E-state index in [1.165, 1.54) is 12.8 Å². The molecule has 7 heteroatoms. The Hall–Kier alpha value is -3.35. The average molecular weight is 360 g/mol. The normalized spacial score (nSPS) is 15.3. The smallest absolute Gasteiger partial charge is 0.252 e. The van der Waals surface area contributed by atoms with Crippen LogP contribution in [0, 0.1) is 5.92 Å². The number of pyridine rings is 1. The first-order valence-corrected chi connectivity index (χ1v) is 9.12. The van der Waals surface area contributed by atoms with Crippen molar-refractivity contribution in [2.45, 2.75) is 25.8 Å². The lowest BCUT2D eigenvalue weighted by atomic mass is 10.1. The Morgan fingerprint density at radius 1 is 1.30 bits per heavy atom. The van der Waals surface area contributed by atoms with Gasteiger partial charge in [0.1, 0.15) is 5.82 Å². The van der Waals surface area contributed by atoms with Gasteiger partial charge < -0.3 is 16.0 Å². The van der Waals surface area contributed by atoms with E-state index in [1.54, 1.807) is 12.4 Å². The molecule has 27 heavy (non-hydrogen) atoms. The predicted molar refractivity (Wildman–Crippen MR) is 106 cm³/mol. The first kappa shape index (κ1) is 15.9. The molecular formula is C20H20N6O. The van der Waals surface area contributed by atoms with Gasteiger partial charge in [-0.25, -0.2) is 4.98 Å². The molecular weight excluding hydrogens is 340 g/mol. The van der Waals surface area contributed by atoms with Crippen molar-refractivity contribution >= 4 is 33.5 Å². The number of hydrogen-bond acceptors (Lipinski definition) is 4. The van der Waals surface area contributed by atoms with Gasteiger partial charge in [0.15, 0.2) is 0 Å². The Morgan fingerprint density at radius 2 is 2.15 bits per heavy atom. The second-order valence-corrected chi connectivity index (χ2v) is 7.28. The van der Waals surface area contributed by atoms with Crippen molar-refractivity contribution in [3.63, 3.8) is 0 Å². The van der Waals surface area contributed by atoms with Crippen LogP contribution in [-0.2, 0) is 0 Å². The number of carbonyl (C=O) groups excluding carboxylic acids is 1. The SMILES string of the molecule is CC(Nc1ncc(C(N)=O)c2[nH]c3cc(-c4cn[nH]c4)ccc3c12)C1CC1. The van der Waals surface area contributed by atoms with Crippen LogP contribution in [0.5, 0.6) is 0 Å². The summed E-state index contributed by atoms with van der Waals surface area (Å²) in [4.78, 5) is 19.8. The quantitative estimate of drug-likeness (QED) is 0.437. The van der Waals surface area contributed by atoms with Crippen molar-refractivity contribution in [1.82, 2.24) is 20.2 Å². The first-order chi connectivity index (χ1) is 13.1. The zero-order chi connectivity index (χ0) is 18.5. The molecule has 136 valence electrons. The molecule has 1 fully saturated rings. The van der Waals surface area contributed by atoms with Gasteiger partial charge in [0.05, 0.1) is 22.7 Å². The van der Waals surface area contributed by atoms with Crippen molar-refractivity contribution in [2.75, 3.05) is 5.32 Å². The van der Waals surface area contributed by atoms with E-state index in [9.17, 15) is 4.79 Å². The molecule has 1 aliphatic carbocycles. The first-order valence-electron chi connectivity index (χ1n) is 9.12. The van der Waals surface area contributed by atoms with E-state index >= 15 is 0 Å². The van der Waals surface area contributed by atoms with Crippen LogP contribution in [0.25, 0.3) is 32.9 Å². The monoisotopic (exact) mass is 360 g/mol. The van der Waals surface area contributed by atoms with Crippen molar-refractivity contribution in [3.05, 3.63) is 42.4 Å². The number of nitrogens with two attached hydrogens (primary N) is 1. The molecule has 5 N–H and O–H groups in total. The minimum absolute atomic E-state index is 0.343. The van der Waals surface area contributed by atoms with E-state index in [0.29, 0.717) is 17.5 Å². The third-order valence-corrected chi connectivity index (χ3v) is 5.42. The summed E-state index contributed by atoms with van der Waals surface area (Å²) in [7, 11) is 0. The molecule has 3 heterocycles. The van der Waals surface area contributed by atoms with Crippen LogP contribution in [0.4, 0.5) is 5.82 Å². The number of primary amides is 1.